The van der Waals surface area contributed by atoms with E-state index in [-0.39, 0.29) is 23.3 Å². The molecule has 1 amide bonds. The molecule has 8 heteroatoms. The Morgan fingerprint density at radius 1 is 1.32 bits per heavy atom. The lowest BCUT2D eigenvalue weighted by atomic mass is 10.1. The van der Waals surface area contributed by atoms with Gasteiger partial charge in [0.15, 0.2) is 0 Å². The van der Waals surface area contributed by atoms with Crippen LogP contribution < -0.4 is 0 Å². The van der Waals surface area contributed by atoms with Gasteiger partial charge in [0, 0.05) is 37.7 Å². The highest BCUT2D eigenvalue weighted by atomic mass is 19.1. The third-order valence-electron chi connectivity index (χ3n) is 4.69. The maximum absolute atomic E-state index is 14.6. The van der Waals surface area contributed by atoms with Crippen LogP contribution in [-0.4, -0.2) is 49.8 Å². The number of hydrogen-bond acceptors (Lipinski definition) is 5. The van der Waals surface area contributed by atoms with E-state index in [0.29, 0.717) is 19.7 Å². The van der Waals surface area contributed by atoms with E-state index in [9.17, 15) is 9.18 Å². The highest BCUT2D eigenvalue weighted by Gasteiger charge is 2.24. The smallest absolute Gasteiger partial charge is 0.254 e. The minimum atomic E-state index is -0.533. The van der Waals surface area contributed by atoms with Crippen LogP contribution in [0.25, 0.3) is 5.69 Å². The third kappa shape index (κ3) is 4.07. The number of carbonyl (C=O) groups excluding carboxylic acids is 1. The summed E-state index contributed by atoms with van der Waals surface area (Å²) >= 11 is 0. The maximum atomic E-state index is 14.6. The van der Waals surface area contributed by atoms with Crippen molar-refractivity contribution in [1.82, 2.24) is 24.6 Å². The maximum Gasteiger partial charge on any atom is 0.254 e. The molecular weight excluding hydrogens is 361 g/mol. The SMILES string of the molecule is O=C(c1ccc(-n2cncn2)c(F)c1)N(Cc1cccnc1)C[C@H]1CCCO1. The molecule has 144 valence electrons. The number of pyridine rings is 1. The quantitative estimate of drug-likeness (QED) is 0.656. The average Bonchev–Trinajstić information content (AvgIpc) is 3.42. The molecule has 7 nitrogen and oxygen atoms in total. The molecule has 1 saturated heterocycles. The number of ether oxygens (including phenoxy) is 1. The van der Waals surface area contributed by atoms with Crippen LogP contribution in [0, 0.1) is 5.82 Å². The van der Waals surface area contributed by atoms with Gasteiger partial charge in [-0.2, -0.15) is 5.10 Å². The van der Waals surface area contributed by atoms with Gasteiger partial charge in [0.05, 0.1) is 6.10 Å². The van der Waals surface area contributed by atoms with Crippen molar-refractivity contribution in [3.63, 3.8) is 0 Å². The molecule has 0 radical (unpaired) electrons. The van der Waals surface area contributed by atoms with Crippen LogP contribution >= 0.6 is 0 Å². The zero-order valence-electron chi connectivity index (χ0n) is 15.2. The molecule has 28 heavy (non-hydrogen) atoms. The van der Waals surface area contributed by atoms with Gasteiger partial charge in [0.2, 0.25) is 0 Å². The molecule has 3 heterocycles. The van der Waals surface area contributed by atoms with Crippen molar-refractivity contribution in [3.8, 4) is 5.69 Å². The Balaban J connectivity index is 1.57. The zero-order valence-corrected chi connectivity index (χ0v) is 15.2. The van der Waals surface area contributed by atoms with Gasteiger partial charge in [-0.1, -0.05) is 6.07 Å². The van der Waals surface area contributed by atoms with Crippen molar-refractivity contribution in [2.24, 2.45) is 0 Å². The second-order valence-corrected chi connectivity index (χ2v) is 6.69. The molecule has 0 spiro atoms. The van der Waals surface area contributed by atoms with E-state index in [0.717, 1.165) is 18.4 Å². The summed E-state index contributed by atoms with van der Waals surface area (Å²) in [7, 11) is 0. The summed E-state index contributed by atoms with van der Waals surface area (Å²) in [5.74, 6) is -0.779. The molecular formula is C20H20FN5O2. The van der Waals surface area contributed by atoms with Gasteiger partial charge in [0.25, 0.3) is 5.91 Å². The van der Waals surface area contributed by atoms with Gasteiger partial charge in [-0.3, -0.25) is 9.78 Å². The summed E-state index contributed by atoms with van der Waals surface area (Å²) in [5, 5.41) is 3.93. The molecule has 0 unspecified atom stereocenters. The molecule has 1 aliphatic heterocycles. The Morgan fingerprint density at radius 2 is 2.25 bits per heavy atom. The molecule has 0 N–H and O–H groups in total. The summed E-state index contributed by atoms with van der Waals surface area (Å²) in [5.41, 5.74) is 1.43. The van der Waals surface area contributed by atoms with Crippen molar-refractivity contribution >= 4 is 5.91 Å². The first-order valence-corrected chi connectivity index (χ1v) is 9.15. The van der Waals surface area contributed by atoms with Crippen LogP contribution in [0.2, 0.25) is 0 Å². The van der Waals surface area contributed by atoms with Gasteiger partial charge in [-0.25, -0.2) is 14.1 Å². The molecule has 4 rings (SSSR count). The average molecular weight is 381 g/mol. The third-order valence-corrected chi connectivity index (χ3v) is 4.69. The van der Waals surface area contributed by atoms with Crippen LogP contribution in [0.3, 0.4) is 0 Å². The van der Waals surface area contributed by atoms with Crippen molar-refractivity contribution in [3.05, 3.63) is 72.3 Å². The number of amides is 1. The van der Waals surface area contributed by atoms with Crippen molar-refractivity contribution in [2.45, 2.75) is 25.5 Å². The highest BCUT2D eigenvalue weighted by Crippen LogP contribution is 2.19. The summed E-state index contributed by atoms with van der Waals surface area (Å²) < 4.78 is 21.6. The summed E-state index contributed by atoms with van der Waals surface area (Å²) in [6.07, 6.45) is 8.05. The Labute approximate surface area is 161 Å². The molecule has 1 fully saturated rings. The largest absolute Gasteiger partial charge is 0.376 e. The minimum Gasteiger partial charge on any atom is -0.376 e. The number of halogens is 1. The lowest BCUT2D eigenvalue weighted by molar-refractivity contribution is 0.0506. The van der Waals surface area contributed by atoms with Crippen LogP contribution in [-0.2, 0) is 11.3 Å². The first kappa shape index (κ1) is 18.2. The van der Waals surface area contributed by atoms with E-state index in [2.05, 4.69) is 15.1 Å². The zero-order chi connectivity index (χ0) is 19.3. The summed E-state index contributed by atoms with van der Waals surface area (Å²) in [4.78, 5) is 22.8. The second kappa shape index (κ2) is 8.26. The standard InChI is InChI=1S/C20H20FN5O2/c21-18-9-16(5-6-19(18)26-14-23-13-24-26)20(27)25(12-17-4-2-8-28-17)11-15-3-1-7-22-10-15/h1,3,5-7,9-10,13-14,17H,2,4,8,11-12H2/t17-/m1/s1. The summed E-state index contributed by atoms with van der Waals surface area (Å²) in [6, 6.07) is 8.12. The van der Waals surface area contributed by atoms with E-state index >= 15 is 0 Å². The fourth-order valence-electron chi connectivity index (χ4n) is 3.31. The number of benzene rings is 1. The number of aromatic nitrogens is 4. The van der Waals surface area contributed by atoms with Crippen molar-refractivity contribution in [2.75, 3.05) is 13.2 Å². The van der Waals surface area contributed by atoms with Gasteiger partial charge in [0.1, 0.15) is 24.2 Å². The predicted octanol–water partition coefficient (Wildman–Crippen LogP) is 2.62. The van der Waals surface area contributed by atoms with E-state index in [4.69, 9.17) is 4.74 Å². The normalized spacial score (nSPS) is 16.2. The number of hydrogen-bond donors (Lipinski definition) is 0. The fourth-order valence-corrected chi connectivity index (χ4v) is 3.31. The Morgan fingerprint density at radius 3 is 2.93 bits per heavy atom. The highest BCUT2D eigenvalue weighted by molar-refractivity contribution is 5.94. The Bertz CT molecular complexity index is 927. The van der Waals surface area contributed by atoms with E-state index in [1.54, 1.807) is 23.4 Å². The minimum absolute atomic E-state index is 0.000102. The van der Waals surface area contributed by atoms with Crippen molar-refractivity contribution < 1.29 is 13.9 Å². The van der Waals surface area contributed by atoms with Gasteiger partial charge < -0.3 is 9.64 Å². The van der Waals surface area contributed by atoms with E-state index in [1.807, 2.05) is 12.1 Å². The molecule has 2 aromatic heterocycles. The van der Waals surface area contributed by atoms with E-state index in [1.165, 1.54) is 29.5 Å². The van der Waals surface area contributed by atoms with Gasteiger partial charge in [-0.15, -0.1) is 0 Å². The molecule has 0 aliphatic carbocycles. The Kier molecular flexibility index (Phi) is 5.38. The predicted molar refractivity (Wildman–Crippen MR) is 99.3 cm³/mol. The molecule has 1 aromatic carbocycles. The molecule has 0 saturated carbocycles. The van der Waals surface area contributed by atoms with Gasteiger partial charge >= 0.3 is 0 Å². The monoisotopic (exact) mass is 381 g/mol. The first-order valence-electron chi connectivity index (χ1n) is 9.15. The van der Waals surface area contributed by atoms with E-state index < -0.39 is 5.82 Å². The molecule has 0 bridgehead atoms. The first-order chi connectivity index (χ1) is 13.7. The van der Waals surface area contributed by atoms with Crippen LogP contribution in [0.4, 0.5) is 4.39 Å². The van der Waals surface area contributed by atoms with Crippen LogP contribution in [0.5, 0.6) is 0 Å². The topological polar surface area (TPSA) is 73.1 Å². The lowest BCUT2D eigenvalue weighted by Gasteiger charge is -2.26. The van der Waals surface area contributed by atoms with Crippen molar-refractivity contribution in [1.29, 1.82) is 0 Å². The number of nitrogens with zero attached hydrogens (tertiary/aromatic N) is 5. The fraction of sp³-hybridized carbons (Fsp3) is 0.300. The molecule has 1 atom stereocenters. The molecule has 3 aromatic rings. The van der Waals surface area contributed by atoms with Gasteiger partial charge in [-0.05, 0) is 42.7 Å². The van der Waals surface area contributed by atoms with Crippen LogP contribution in [0.1, 0.15) is 28.8 Å². The molecule has 1 aliphatic rings. The lowest BCUT2D eigenvalue weighted by Crippen LogP contribution is -2.37. The number of rotatable bonds is 6. The van der Waals surface area contributed by atoms with Crippen LogP contribution in [0.15, 0.2) is 55.4 Å². The summed E-state index contributed by atoms with van der Waals surface area (Å²) in [6.45, 7) is 1.56. The Hall–Kier alpha value is -3.13. The number of carbonyl (C=O) groups is 1. The second-order valence-electron chi connectivity index (χ2n) is 6.69.